The molecule has 0 saturated heterocycles. The zero-order valence-electron chi connectivity index (χ0n) is 17.6. The Morgan fingerprint density at radius 3 is 1.82 bits per heavy atom. The van der Waals surface area contributed by atoms with Crippen molar-refractivity contribution in [2.45, 2.75) is 52.7 Å². The summed E-state index contributed by atoms with van der Waals surface area (Å²) in [6, 6.07) is 2.92. The molecule has 0 bridgehead atoms. The molecule has 1 rings (SSSR count). The van der Waals surface area contributed by atoms with Gasteiger partial charge in [0.2, 0.25) is 0 Å². The van der Waals surface area contributed by atoms with E-state index in [1.54, 1.807) is 41.5 Å². The van der Waals surface area contributed by atoms with Crippen LogP contribution in [0.15, 0.2) is 18.2 Å². The van der Waals surface area contributed by atoms with Crippen molar-refractivity contribution in [1.29, 1.82) is 0 Å². The minimum absolute atomic E-state index is 0.136. The van der Waals surface area contributed by atoms with Crippen LogP contribution >= 0.6 is 0 Å². The average Bonchev–Trinajstić information content (AvgIpc) is 2.48. The molecule has 160 valence electrons. The smallest absolute Gasteiger partial charge is 0.428 e. The van der Waals surface area contributed by atoms with Crippen LogP contribution in [0.2, 0.25) is 0 Å². The molecule has 0 spiro atoms. The van der Waals surface area contributed by atoms with E-state index in [4.69, 9.17) is 15.3 Å². The molecule has 10 heteroatoms. The van der Waals surface area contributed by atoms with E-state index < -0.39 is 35.0 Å². The largest absolute Gasteiger partial charge is 0.443 e. The quantitative estimate of drug-likeness (QED) is 0.441. The third-order valence-electron chi connectivity index (χ3n) is 2.57. The third kappa shape index (κ3) is 11.2. The van der Waals surface area contributed by atoms with Crippen molar-refractivity contribution >= 4 is 17.9 Å². The minimum Gasteiger partial charge on any atom is -0.443 e. The molecular weight excluding hydrogens is 374 g/mol. The molecule has 0 saturated carbocycles. The van der Waals surface area contributed by atoms with Crippen molar-refractivity contribution in [2.75, 3.05) is 19.5 Å². The number of rotatable bonds is 2. The molecular formula is C18H30F2N4O4. The number of hydrogen-bond donors (Lipinski definition) is 2. The number of nitrogens with one attached hydrogen (secondary N) is 1. The summed E-state index contributed by atoms with van der Waals surface area (Å²) in [6.45, 7) is 10.5. The summed E-state index contributed by atoms with van der Waals surface area (Å²) >= 11 is 0. The second-order valence-electron chi connectivity index (χ2n) is 7.87. The predicted octanol–water partition coefficient (Wildman–Crippen LogP) is 3.89. The zero-order chi connectivity index (χ0) is 22.3. The van der Waals surface area contributed by atoms with Gasteiger partial charge in [0.25, 0.3) is 0 Å². The Kier molecular flexibility index (Phi) is 9.13. The van der Waals surface area contributed by atoms with Gasteiger partial charge in [0.1, 0.15) is 22.8 Å². The van der Waals surface area contributed by atoms with E-state index in [1.165, 1.54) is 14.1 Å². The highest BCUT2D eigenvalue weighted by molar-refractivity contribution is 5.70. The first-order chi connectivity index (χ1) is 12.5. The van der Waals surface area contributed by atoms with Crippen LogP contribution in [-0.2, 0) is 9.47 Å². The van der Waals surface area contributed by atoms with E-state index in [0.717, 1.165) is 28.2 Å². The number of nitrogens with zero attached hydrogens (tertiary/aromatic N) is 2. The van der Waals surface area contributed by atoms with Gasteiger partial charge < -0.3 is 9.47 Å². The third-order valence-corrected chi connectivity index (χ3v) is 2.57. The zero-order valence-corrected chi connectivity index (χ0v) is 17.6. The molecule has 0 fully saturated rings. The molecule has 28 heavy (non-hydrogen) atoms. The topological polar surface area (TPSA) is 97.1 Å². The van der Waals surface area contributed by atoms with E-state index in [1.807, 2.05) is 0 Å². The maximum atomic E-state index is 13.3. The normalized spacial score (nSPS) is 11.0. The Balaban J connectivity index is 0.000000621. The number of nitrogens with two attached hydrogens (primary N) is 1. The molecule has 0 aliphatic rings. The van der Waals surface area contributed by atoms with Crippen LogP contribution in [0.3, 0.4) is 0 Å². The highest BCUT2D eigenvalue weighted by Gasteiger charge is 2.20. The Labute approximate surface area is 164 Å². The van der Waals surface area contributed by atoms with E-state index in [-0.39, 0.29) is 5.69 Å². The first-order valence-electron chi connectivity index (χ1n) is 8.41. The first-order valence-corrected chi connectivity index (χ1v) is 8.41. The maximum Gasteiger partial charge on any atom is 0.428 e. The van der Waals surface area contributed by atoms with E-state index in [9.17, 15) is 18.4 Å². The molecule has 0 radical (unpaired) electrons. The number of anilines is 1. The SMILES string of the molecule is CN(N)C(=O)OC(C)(C)C.CN(Nc1cc(F)ccc1F)C(=O)OC(C)(C)C. The van der Waals surface area contributed by atoms with Crippen molar-refractivity contribution < 1.29 is 27.8 Å². The highest BCUT2D eigenvalue weighted by Crippen LogP contribution is 2.17. The summed E-state index contributed by atoms with van der Waals surface area (Å²) in [4.78, 5) is 22.3. The van der Waals surface area contributed by atoms with Crippen molar-refractivity contribution in [2.24, 2.45) is 5.84 Å². The number of amides is 2. The lowest BCUT2D eigenvalue weighted by atomic mass is 10.2. The summed E-state index contributed by atoms with van der Waals surface area (Å²) in [6.07, 6.45) is -1.21. The number of hydrazine groups is 2. The number of carbonyl (C=O) groups excluding carboxylic acids is 2. The number of halogens is 2. The van der Waals surface area contributed by atoms with E-state index >= 15 is 0 Å². The lowest BCUT2D eigenvalue weighted by Crippen LogP contribution is -2.38. The number of ether oxygens (including phenoxy) is 2. The van der Waals surface area contributed by atoms with Crippen molar-refractivity contribution in [3.63, 3.8) is 0 Å². The van der Waals surface area contributed by atoms with Gasteiger partial charge in [0.05, 0.1) is 5.69 Å². The summed E-state index contributed by atoms with van der Waals surface area (Å²) in [5, 5.41) is 1.86. The minimum atomic E-state index is -0.689. The van der Waals surface area contributed by atoms with Crippen molar-refractivity contribution in [3.8, 4) is 0 Å². The van der Waals surface area contributed by atoms with Gasteiger partial charge in [0.15, 0.2) is 0 Å². The first kappa shape index (κ1) is 25.4. The van der Waals surface area contributed by atoms with Crippen LogP contribution in [-0.4, -0.2) is 47.5 Å². The molecule has 1 aromatic rings. The van der Waals surface area contributed by atoms with Gasteiger partial charge in [-0.05, 0) is 53.7 Å². The van der Waals surface area contributed by atoms with Gasteiger partial charge >= 0.3 is 12.2 Å². The van der Waals surface area contributed by atoms with Gasteiger partial charge in [0, 0.05) is 20.2 Å². The van der Waals surface area contributed by atoms with Gasteiger partial charge in [-0.15, -0.1) is 0 Å². The lowest BCUT2D eigenvalue weighted by Gasteiger charge is -2.25. The number of carbonyl (C=O) groups is 2. The molecule has 0 aliphatic carbocycles. The van der Waals surface area contributed by atoms with Crippen LogP contribution in [0.5, 0.6) is 0 Å². The lowest BCUT2D eigenvalue weighted by molar-refractivity contribution is 0.0295. The number of hydrogen-bond acceptors (Lipinski definition) is 6. The predicted molar refractivity (Wildman–Crippen MR) is 102 cm³/mol. The second kappa shape index (κ2) is 10.1. The van der Waals surface area contributed by atoms with E-state index in [0.29, 0.717) is 0 Å². The molecule has 2 amide bonds. The van der Waals surface area contributed by atoms with Crippen LogP contribution in [0, 0.1) is 11.6 Å². The molecule has 0 atom stereocenters. The Morgan fingerprint density at radius 2 is 1.43 bits per heavy atom. The molecule has 0 unspecified atom stereocenters. The van der Waals surface area contributed by atoms with E-state index in [2.05, 4.69) is 5.43 Å². The fraction of sp³-hybridized carbons (Fsp3) is 0.556. The van der Waals surface area contributed by atoms with Crippen LogP contribution in [0.4, 0.5) is 24.1 Å². The highest BCUT2D eigenvalue weighted by atomic mass is 19.1. The average molecular weight is 404 g/mol. The Hall–Kier alpha value is -2.62. The second-order valence-corrected chi connectivity index (χ2v) is 7.87. The maximum absolute atomic E-state index is 13.3. The van der Waals surface area contributed by atoms with Gasteiger partial charge in [-0.2, -0.15) is 0 Å². The van der Waals surface area contributed by atoms with Crippen molar-refractivity contribution in [3.05, 3.63) is 29.8 Å². The molecule has 0 aliphatic heterocycles. The summed E-state index contributed by atoms with van der Waals surface area (Å²) in [7, 11) is 2.80. The monoisotopic (exact) mass is 404 g/mol. The standard InChI is InChI=1S/C12H16F2N2O2.C6H14N2O2/c1-12(2,3)18-11(17)16(4)15-10-7-8(13)5-6-9(10)14;1-6(2,3)10-5(9)8(4)7/h5-7,15H,1-4H3;7H2,1-4H3. The fourth-order valence-electron chi connectivity index (χ4n) is 1.47. The van der Waals surface area contributed by atoms with Crippen LogP contribution < -0.4 is 11.3 Å². The fourth-order valence-corrected chi connectivity index (χ4v) is 1.47. The number of benzene rings is 1. The van der Waals surface area contributed by atoms with Gasteiger partial charge in [-0.3, -0.25) is 5.43 Å². The van der Waals surface area contributed by atoms with Crippen LogP contribution in [0.1, 0.15) is 41.5 Å². The molecule has 0 aromatic heterocycles. The summed E-state index contributed by atoms with van der Waals surface area (Å²) < 4.78 is 36.2. The Morgan fingerprint density at radius 1 is 0.964 bits per heavy atom. The Bertz CT molecular complexity index is 671. The summed E-state index contributed by atoms with van der Waals surface area (Å²) in [5.74, 6) is 3.84. The molecule has 1 aromatic carbocycles. The van der Waals surface area contributed by atoms with Gasteiger partial charge in [-0.1, -0.05) is 0 Å². The van der Waals surface area contributed by atoms with Gasteiger partial charge in [-0.25, -0.2) is 34.2 Å². The van der Waals surface area contributed by atoms with Crippen LogP contribution in [0.25, 0.3) is 0 Å². The van der Waals surface area contributed by atoms with Crippen molar-refractivity contribution in [1.82, 2.24) is 10.0 Å². The summed E-state index contributed by atoms with van der Waals surface area (Å²) in [5.41, 5.74) is 1.15. The molecule has 8 nitrogen and oxygen atoms in total. The molecule has 0 heterocycles. The molecule has 3 N–H and O–H groups in total.